The summed E-state index contributed by atoms with van der Waals surface area (Å²) >= 11 is 6.26. The zero-order valence-electron chi connectivity index (χ0n) is 11.1. The predicted octanol–water partition coefficient (Wildman–Crippen LogP) is 3.06. The standard InChI is InChI=1S/C14H17ClFN3/c1-3-12-14(15)13(19(2)18-12)9-17-8-10-4-6-11(16)7-5-10/h4-7,17H,3,8-9H2,1-2H3. The minimum Gasteiger partial charge on any atom is -0.307 e. The molecule has 0 amide bonds. The Balaban J connectivity index is 1.96. The molecule has 19 heavy (non-hydrogen) atoms. The van der Waals surface area contributed by atoms with Crippen LogP contribution in [-0.4, -0.2) is 9.78 Å². The largest absolute Gasteiger partial charge is 0.307 e. The number of aryl methyl sites for hydroxylation is 2. The number of rotatable bonds is 5. The minimum atomic E-state index is -0.217. The van der Waals surface area contributed by atoms with E-state index in [9.17, 15) is 4.39 Å². The lowest BCUT2D eigenvalue weighted by Crippen LogP contribution is -2.15. The zero-order chi connectivity index (χ0) is 13.8. The van der Waals surface area contributed by atoms with E-state index in [1.54, 1.807) is 16.8 Å². The van der Waals surface area contributed by atoms with Crippen molar-refractivity contribution < 1.29 is 4.39 Å². The van der Waals surface area contributed by atoms with Crippen LogP contribution in [0.1, 0.15) is 23.9 Å². The highest BCUT2D eigenvalue weighted by Crippen LogP contribution is 2.20. The number of nitrogens with one attached hydrogen (secondary N) is 1. The first-order valence-electron chi connectivity index (χ1n) is 6.27. The molecule has 0 spiro atoms. The molecule has 0 unspecified atom stereocenters. The molecule has 3 nitrogen and oxygen atoms in total. The highest BCUT2D eigenvalue weighted by atomic mass is 35.5. The summed E-state index contributed by atoms with van der Waals surface area (Å²) in [5, 5.41) is 8.38. The van der Waals surface area contributed by atoms with Crippen LogP contribution in [0.15, 0.2) is 24.3 Å². The molecule has 2 rings (SSSR count). The van der Waals surface area contributed by atoms with Gasteiger partial charge in [0.25, 0.3) is 0 Å². The third-order valence-electron chi connectivity index (χ3n) is 3.04. The summed E-state index contributed by atoms with van der Waals surface area (Å²) < 4.78 is 14.6. The van der Waals surface area contributed by atoms with Gasteiger partial charge in [0, 0.05) is 20.1 Å². The summed E-state index contributed by atoms with van der Waals surface area (Å²) in [6.45, 7) is 3.34. The van der Waals surface area contributed by atoms with Gasteiger partial charge < -0.3 is 5.32 Å². The average Bonchev–Trinajstić information content (AvgIpc) is 2.68. The summed E-state index contributed by atoms with van der Waals surface area (Å²) in [7, 11) is 1.89. The number of hydrogen-bond donors (Lipinski definition) is 1. The Morgan fingerprint density at radius 3 is 2.53 bits per heavy atom. The fourth-order valence-corrected chi connectivity index (χ4v) is 2.30. The summed E-state index contributed by atoms with van der Waals surface area (Å²) in [6.07, 6.45) is 0.824. The van der Waals surface area contributed by atoms with Gasteiger partial charge in [-0.3, -0.25) is 4.68 Å². The molecule has 0 saturated carbocycles. The molecular weight excluding hydrogens is 265 g/mol. The smallest absolute Gasteiger partial charge is 0.123 e. The van der Waals surface area contributed by atoms with Gasteiger partial charge in [0.05, 0.1) is 16.4 Å². The van der Waals surface area contributed by atoms with Crippen molar-refractivity contribution in [3.63, 3.8) is 0 Å². The van der Waals surface area contributed by atoms with Crippen LogP contribution in [0.25, 0.3) is 0 Å². The summed E-state index contributed by atoms with van der Waals surface area (Å²) in [4.78, 5) is 0. The SMILES string of the molecule is CCc1nn(C)c(CNCc2ccc(F)cc2)c1Cl. The Kier molecular flexibility index (Phi) is 4.56. The van der Waals surface area contributed by atoms with Crippen molar-refractivity contribution in [1.82, 2.24) is 15.1 Å². The van der Waals surface area contributed by atoms with Crippen LogP contribution in [0, 0.1) is 5.82 Å². The van der Waals surface area contributed by atoms with Crippen molar-refractivity contribution in [3.8, 4) is 0 Å². The normalized spacial score (nSPS) is 10.9. The van der Waals surface area contributed by atoms with Gasteiger partial charge in [-0.05, 0) is 24.1 Å². The maximum Gasteiger partial charge on any atom is 0.123 e. The Morgan fingerprint density at radius 2 is 1.95 bits per heavy atom. The minimum absolute atomic E-state index is 0.217. The molecule has 0 bridgehead atoms. The van der Waals surface area contributed by atoms with E-state index in [0.29, 0.717) is 13.1 Å². The fourth-order valence-electron chi connectivity index (χ4n) is 1.94. The van der Waals surface area contributed by atoms with Crippen molar-refractivity contribution in [1.29, 1.82) is 0 Å². The predicted molar refractivity (Wildman–Crippen MR) is 74.5 cm³/mol. The molecule has 5 heteroatoms. The van der Waals surface area contributed by atoms with Gasteiger partial charge in [-0.1, -0.05) is 30.7 Å². The van der Waals surface area contributed by atoms with E-state index in [1.165, 1.54) is 12.1 Å². The van der Waals surface area contributed by atoms with E-state index >= 15 is 0 Å². The second kappa shape index (κ2) is 6.17. The van der Waals surface area contributed by atoms with Crippen molar-refractivity contribution in [2.24, 2.45) is 7.05 Å². The van der Waals surface area contributed by atoms with Crippen molar-refractivity contribution >= 4 is 11.6 Å². The van der Waals surface area contributed by atoms with Gasteiger partial charge in [-0.25, -0.2) is 4.39 Å². The highest BCUT2D eigenvalue weighted by molar-refractivity contribution is 6.31. The van der Waals surface area contributed by atoms with Gasteiger partial charge in [-0.15, -0.1) is 0 Å². The quantitative estimate of drug-likeness (QED) is 0.913. The molecule has 0 aliphatic carbocycles. The van der Waals surface area contributed by atoms with Crippen LogP contribution >= 0.6 is 11.6 Å². The Hall–Kier alpha value is -1.39. The van der Waals surface area contributed by atoms with Gasteiger partial charge >= 0.3 is 0 Å². The number of aromatic nitrogens is 2. The molecular formula is C14H17ClFN3. The van der Waals surface area contributed by atoms with E-state index in [2.05, 4.69) is 10.4 Å². The number of halogens is 2. The van der Waals surface area contributed by atoms with E-state index in [1.807, 2.05) is 14.0 Å². The van der Waals surface area contributed by atoms with Gasteiger partial charge in [0.2, 0.25) is 0 Å². The molecule has 1 aromatic carbocycles. The number of nitrogens with zero attached hydrogens (tertiary/aromatic N) is 2. The van der Waals surface area contributed by atoms with E-state index in [-0.39, 0.29) is 5.82 Å². The molecule has 1 heterocycles. The average molecular weight is 282 g/mol. The Labute approximate surface area is 117 Å². The molecule has 0 aliphatic rings. The van der Waals surface area contributed by atoms with E-state index < -0.39 is 0 Å². The van der Waals surface area contributed by atoms with Gasteiger partial charge in [-0.2, -0.15) is 5.10 Å². The summed E-state index contributed by atoms with van der Waals surface area (Å²) in [6, 6.07) is 6.46. The molecule has 2 aromatic rings. The van der Waals surface area contributed by atoms with Gasteiger partial charge in [0.1, 0.15) is 5.82 Å². The topological polar surface area (TPSA) is 29.9 Å². The van der Waals surface area contributed by atoms with Gasteiger partial charge in [0.15, 0.2) is 0 Å². The summed E-state index contributed by atoms with van der Waals surface area (Å²) in [5.41, 5.74) is 2.93. The van der Waals surface area contributed by atoms with Crippen molar-refractivity contribution in [3.05, 3.63) is 52.1 Å². The van der Waals surface area contributed by atoms with Crippen LogP contribution in [0.3, 0.4) is 0 Å². The van der Waals surface area contributed by atoms with Crippen LogP contribution < -0.4 is 5.32 Å². The summed E-state index contributed by atoms with van der Waals surface area (Å²) in [5.74, 6) is -0.217. The third-order valence-corrected chi connectivity index (χ3v) is 3.47. The van der Waals surface area contributed by atoms with Crippen LogP contribution in [0.4, 0.5) is 4.39 Å². The van der Waals surface area contributed by atoms with E-state index in [4.69, 9.17) is 11.6 Å². The second-order valence-corrected chi connectivity index (χ2v) is 4.79. The molecule has 0 aliphatic heterocycles. The van der Waals surface area contributed by atoms with Crippen molar-refractivity contribution in [2.75, 3.05) is 0 Å². The molecule has 1 aromatic heterocycles. The highest BCUT2D eigenvalue weighted by Gasteiger charge is 2.12. The molecule has 1 N–H and O–H groups in total. The van der Waals surface area contributed by atoms with E-state index in [0.717, 1.165) is 28.4 Å². The lowest BCUT2D eigenvalue weighted by molar-refractivity contribution is 0.615. The molecule has 102 valence electrons. The third kappa shape index (κ3) is 3.33. The first-order chi connectivity index (χ1) is 9.11. The molecule has 0 fully saturated rings. The molecule has 0 radical (unpaired) electrons. The van der Waals surface area contributed by atoms with Crippen LogP contribution in [-0.2, 0) is 26.6 Å². The number of benzene rings is 1. The molecule has 0 saturated heterocycles. The lowest BCUT2D eigenvalue weighted by atomic mass is 10.2. The lowest BCUT2D eigenvalue weighted by Gasteiger charge is -2.06. The monoisotopic (exact) mass is 281 g/mol. The fraction of sp³-hybridized carbons (Fsp3) is 0.357. The first-order valence-corrected chi connectivity index (χ1v) is 6.65. The van der Waals surface area contributed by atoms with Crippen LogP contribution in [0.5, 0.6) is 0 Å². The second-order valence-electron chi connectivity index (χ2n) is 4.41. The maximum absolute atomic E-state index is 12.8. The first kappa shape index (κ1) is 14.0. The molecule has 0 atom stereocenters. The van der Waals surface area contributed by atoms with Crippen LogP contribution in [0.2, 0.25) is 5.02 Å². The number of hydrogen-bond acceptors (Lipinski definition) is 2. The zero-order valence-corrected chi connectivity index (χ0v) is 11.8. The Bertz CT molecular complexity index is 549. The maximum atomic E-state index is 12.8. The van der Waals surface area contributed by atoms with Crippen molar-refractivity contribution in [2.45, 2.75) is 26.4 Å². The Morgan fingerprint density at radius 1 is 1.26 bits per heavy atom.